The lowest BCUT2D eigenvalue weighted by Crippen LogP contribution is -2.52. The van der Waals surface area contributed by atoms with Crippen LogP contribution in [0.1, 0.15) is 48.7 Å². The molecule has 1 aliphatic heterocycles. The van der Waals surface area contributed by atoms with E-state index in [1.807, 2.05) is 12.1 Å². The number of rotatable bonds is 4. The Hall–Kier alpha value is -3.36. The van der Waals surface area contributed by atoms with Crippen LogP contribution in [0.3, 0.4) is 0 Å². The van der Waals surface area contributed by atoms with Gasteiger partial charge in [-0.25, -0.2) is 9.59 Å². The number of aryl methyl sites for hydroxylation is 1. The highest BCUT2D eigenvalue weighted by molar-refractivity contribution is 6.08. The van der Waals surface area contributed by atoms with E-state index in [4.69, 9.17) is 9.15 Å². The monoisotopic (exact) mass is 413 g/mol. The van der Waals surface area contributed by atoms with Crippen LogP contribution in [0.2, 0.25) is 0 Å². The fourth-order valence-electron chi connectivity index (χ4n) is 4.04. The lowest BCUT2D eigenvalue weighted by molar-refractivity contribution is -0.141. The number of hydrogen-bond donors (Lipinski definition) is 2. The molecule has 1 spiro atoms. The average Bonchev–Trinajstić information content (AvgIpc) is 3.18. The minimum atomic E-state index is -0.959. The number of amides is 4. The molecule has 2 aromatic rings. The molecule has 2 heterocycles. The SMILES string of the molecule is Cc1c(C(=O)OCC(=O)NN2C(=O)NC3(CCC(C)CC3)C2=O)oc2ccccc12. The van der Waals surface area contributed by atoms with Crippen molar-refractivity contribution < 1.29 is 28.3 Å². The Morgan fingerprint density at radius 1 is 1.27 bits per heavy atom. The first-order valence-corrected chi connectivity index (χ1v) is 9.92. The van der Waals surface area contributed by atoms with Crippen molar-refractivity contribution in [2.45, 2.75) is 45.1 Å². The zero-order valence-corrected chi connectivity index (χ0v) is 16.8. The van der Waals surface area contributed by atoms with Crippen LogP contribution in [-0.4, -0.2) is 41.0 Å². The Balaban J connectivity index is 1.36. The molecule has 1 saturated carbocycles. The predicted octanol–water partition coefficient (Wildman–Crippen LogP) is 2.43. The van der Waals surface area contributed by atoms with E-state index in [-0.39, 0.29) is 5.76 Å². The number of imide groups is 1. The van der Waals surface area contributed by atoms with Gasteiger partial charge in [0.2, 0.25) is 5.76 Å². The molecular formula is C21H23N3O6. The van der Waals surface area contributed by atoms with Crippen LogP contribution in [0.5, 0.6) is 0 Å². The van der Waals surface area contributed by atoms with Gasteiger partial charge in [-0.15, -0.1) is 0 Å². The molecule has 1 aromatic carbocycles. The maximum Gasteiger partial charge on any atom is 0.375 e. The number of carbonyl (C=O) groups is 4. The van der Waals surface area contributed by atoms with Gasteiger partial charge in [0, 0.05) is 10.9 Å². The number of fused-ring (bicyclic) bond motifs is 1. The van der Waals surface area contributed by atoms with E-state index in [1.54, 1.807) is 19.1 Å². The smallest absolute Gasteiger partial charge is 0.375 e. The number of carbonyl (C=O) groups excluding carboxylic acids is 4. The minimum Gasteiger partial charge on any atom is -0.450 e. The van der Waals surface area contributed by atoms with Gasteiger partial charge in [0.15, 0.2) is 6.61 Å². The molecule has 9 nitrogen and oxygen atoms in total. The van der Waals surface area contributed by atoms with Gasteiger partial charge in [-0.05, 0) is 44.6 Å². The summed E-state index contributed by atoms with van der Waals surface area (Å²) in [6.07, 6.45) is 2.71. The van der Waals surface area contributed by atoms with Crippen LogP contribution in [0.25, 0.3) is 11.0 Å². The Kier molecular flexibility index (Phi) is 4.97. The molecule has 158 valence electrons. The van der Waals surface area contributed by atoms with Gasteiger partial charge in [0.1, 0.15) is 11.1 Å². The van der Waals surface area contributed by atoms with Gasteiger partial charge in [-0.1, -0.05) is 25.1 Å². The Morgan fingerprint density at radius 2 is 1.97 bits per heavy atom. The molecule has 4 amide bonds. The van der Waals surface area contributed by atoms with Gasteiger partial charge >= 0.3 is 12.0 Å². The fraction of sp³-hybridized carbons (Fsp3) is 0.429. The van der Waals surface area contributed by atoms with E-state index >= 15 is 0 Å². The van der Waals surface area contributed by atoms with Crippen molar-refractivity contribution >= 4 is 34.8 Å². The first-order chi connectivity index (χ1) is 14.3. The van der Waals surface area contributed by atoms with Gasteiger partial charge in [0.05, 0.1) is 0 Å². The van der Waals surface area contributed by atoms with Crippen molar-refractivity contribution in [3.8, 4) is 0 Å². The number of hydrogen-bond acceptors (Lipinski definition) is 6. The summed E-state index contributed by atoms with van der Waals surface area (Å²) in [4.78, 5) is 49.5. The molecule has 2 aliphatic rings. The van der Waals surface area contributed by atoms with E-state index in [2.05, 4.69) is 17.7 Å². The van der Waals surface area contributed by atoms with Crippen LogP contribution in [0, 0.1) is 12.8 Å². The second-order valence-corrected chi connectivity index (χ2v) is 8.00. The first kappa shape index (κ1) is 19.9. The van der Waals surface area contributed by atoms with Crippen LogP contribution in [0.4, 0.5) is 4.79 Å². The Labute approximate surface area is 172 Å². The fourth-order valence-corrected chi connectivity index (χ4v) is 4.04. The number of ether oxygens (including phenoxy) is 1. The third-order valence-corrected chi connectivity index (χ3v) is 5.89. The number of hydrazine groups is 1. The molecular weight excluding hydrogens is 390 g/mol. The lowest BCUT2D eigenvalue weighted by atomic mass is 9.77. The van der Waals surface area contributed by atoms with Crippen LogP contribution >= 0.6 is 0 Å². The number of esters is 1. The first-order valence-electron chi connectivity index (χ1n) is 9.92. The van der Waals surface area contributed by atoms with Crippen molar-refractivity contribution in [1.82, 2.24) is 15.8 Å². The zero-order valence-electron chi connectivity index (χ0n) is 16.8. The van der Waals surface area contributed by atoms with Gasteiger partial charge in [-0.2, -0.15) is 5.01 Å². The number of para-hydroxylation sites is 1. The minimum absolute atomic E-state index is 0.00858. The second kappa shape index (κ2) is 7.47. The predicted molar refractivity (Wildman–Crippen MR) is 105 cm³/mol. The number of nitrogens with one attached hydrogen (secondary N) is 2. The molecule has 0 unspecified atom stereocenters. The summed E-state index contributed by atoms with van der Waals surface area (Å²) in [5.74, 6) is -1.57. The number of benzene rings is 1. The van der Waals surface area contributed by atoms with Crippen molar-refractivity contribution in [1.29, 1.82) is 0 Å². The molecule has 0 bridgehead atoms. The average molecular weight is 413 g/mol. The van der Waals surface area contributed by atoms with E-state index in [0.29, 0.717) is 34.9 Å². The molecule has 2 fully saturated rings. The lowest BCUT2D eigenvalue weighted by Gasteiger charge is -2.33. The summed E-state index contributed by atoms with van der Waals surface area (Å²) in [6.45, 7) is 3.17. The number of furan rings is 1. The summed E-state index contributed by atoms with van der Waals surface area (Å²) < 4.78 is 10.5. The van der Waals surface area contributed by atoms with Crippen LogP contribution in [0.15, 0.2) is 28.7 Å². The van der Waals surface area contributed by atoms with E-state index in [0.717, 1.165) is 18.2 Å². The molecule has 1 saturated heterocycles. The Morgan fingerprint density at radius 3 is 2.67 bits per heavy atom. The molecule has 1 aliphatic carbocycles. The molecule has 0 atom stereocenters. The maximum atomic E-state index is 12.7. The van der Waals surface area contributed by atoms with E-state index in [1.165, 1.54) is 0 Å². The van der Waals surface area contributed by atoms with Crippen molar-refractivity contribution in [3.63, 3.8) is 0 Å². The summed E-state index contributed by atoms with van der Waals surface area (Å²) in [5.41, 5.74) is 2.42. The Bertz CT molecular complexity index is 1030. The molecule has 1 aromatic heterocycles. The molecule has 9 heteroatoms. The van der Waals surface area contributed by atoms with Crippen molar-refractivity contribution in [2.24, 2.45) is 5.92 Å². The van der Waals surface area contributed by atoms with E-state index in [9.17, 15) is 19.2 Å². The van der Waals surface area contributed by atoms with Crippen LogP contribution < -0.4 is 10.7 Å². The molecule has 30 heavy (non-hydrogen) atoms. The molecule has 2 N–H and O–H groups in total. The van der Waals surface area contributed by atoms with Gasteiger partial charge < -0.3 is 14.5 Å². The molecule has 4 rings (SSSR count). The summed E-state index contributed by atoms with van der Waals surface area (Å²) in [6, 6.07) is 6.47. The van der Waals surface area contributed by atoms with Crippen molar-refractivity contribution in [2.75, 3.05) is 6.61 Å². The van der Waals surface area contributed by atoms with Crippen molar-refractivity contribution in [3.05, 3.63) is 35.6 Å². The van der Waals surface area contributed by atoms with E-state index < -0.39 is 36.0 Å². The highest BCUT2D eigenvalue weighted by Gasteiger charge is 2.52. The summed E-state index contributed by atoms with van der Waals surface area (Å²) in [7, 11) is 0. The normalized spacial score (nSPS) is 23.7. The standard InChI is InChI=1S/C21H23N3O6/c1-12-7-9-21(10-8-12)19(27)24(20(28)22-21)23-16(25)11-29-18(26)17-13(2)14-5-3-4-6-15(14)30-17/h3-6,12H,7-11H2,1-2H3,(H,22,28)(H,23,25). The summed E-state index contributed by atoms with van der Waals surface area (Å²) in [5, 5.41) is 4.17. The van der Waals surface area contributed by atoms with Crippen LogP contribution in [-0.2, 0) is 14.3 Å². The topological polar surface area (TPSA) is 118 Å². The summed E-state index contributed by atoms with van der Waals surface area (Å²) >= 11 is 0. The highest BCUT2D eigenvalue weighted by atomic mass is 16.5. The largest absolute Gasteiger partial charge is 0.450 e. The quantitative estimate of drug-likeness (QED) is 0.587. The number of nitrogens with zero attached hydrogens (tertiary/aromatic N) is 1. The second-order valence-electron chi connectivity index (χ2n) is 8.00. The maximum absolute atomic E-state index is 12.7. The third-order valence-electron chi connectivity index (χ3n) is 5.89. The zero-order chi connectivity index (χ0) is 21.5. The third kappa shape index (κ3) is 3.40. The highest BCUT2D eigenvalue weighted by Crippen LogP contribution is 2.35. The number of urea groups is 1. The van der Waals surface area contributed by atoms with Gasteiger partial charge in [-0.3, -0.25) is 15.0 Å². The van der Waals surface area contributed by atoms with Gasteiger partial charge in [0.25, 0.3) is 11.8 Å². The molecule has 0 radical (unpaired) electrons.